The van der Waals surface area contributed by atoms with Gasteiger partial charge in [0.1, 0.15) is 11.6 Å². The number of carbonyl (C=O) groups is 2. The summed E-state index contributed by atoms with van der Waals surface area (Å²) in [5.74, 6) is -3.30. The number of hydrogen-bond acceptors (Lipinski definition) is 2. The minimum Gasteiger partial charge on any atom is -0.327 e. The van der Waals surface area contributed by atoms with Crippen molar-refractivity contribution in [3.63, 3.8) is 0 Å². The summed E-state index contributed by atoms with van der Waals surface area (Å²) < 4.78 is 26.7. The second-order valence-electron chi connectivity index (χ2n) is 6.66. The van der Waals surface area contributed by atoms with Crippen LogP contribution in [0.2, 0.25) is 0 Å². The summed E-state index contributed by atoms with van der Waals surface area (Å²) in [5, 5.41) is 2.24. The van der Waals surface area contributed by atoms with Gasteiger partial charge in [-0.25, -0.2) is 8.78 Å². The maximum Gasteiger partial charge on any atom is 0.314 e. The van der Waals surface area contributed by atoms with E-state index >= 15 is 0 Å². The average Bonchev–Trinajstić information content (AvgIpc) is 3.05. The average molecular weight is 358 g/mol. The molecule has 0 saturated carbocycles. The van der Waals surface area contributed by atoms with Gasteiger partial charge in [-0.3, -0.25) is 9.59 Å². The molecule has 0 aromatic heterocycles. The Balaban J connectivity index is 1.78. The first kappa shape index (κ1) is 18.0. The van der Waals surface area contributed by atoms with Gasteiger partial charge in [0, 0.05) is 12.6 Å². The van der Waals surface area contributed by atoms with Gasteiger partial charge in [0.05, 0.1) is 11.7 Å². The molecule has 1 N–H and O–H groups in total. The number of benzene rings is 2. The maximum atomic E-state index is 13.7. The summed E-state index contributed by atoms with van der Waals surface area (Å²) in [4.78, 5) is 26.4. The Labute approximate surface area is 150 Å². The Kier molecular flexibility index (Phi) is 5.02. The van der Waals surface area contributed by atoms with Crippen LogP contribution >= 0.6 is 0 Å². The molecule has 0 radical (unpaired) electrons. The summed E-state index contributed by atoms with van der Waals surface area (Å²) >= 11 is 0. The monoisotopic (exact) mass is 358 g/mol. The van der Waals surface area contributed by atoms with E-state index in [1.165, 1.54) is 4.90 Å². The molecule has 1 heterocycles. The number of aryl methyl sites for hydroxylation is 2. The number of nitrogens with one attached hydrogen (secondary N) is 1. The summed E-state index contributed by atoms with van der Waals surface area (Å²) in [6, 6.07) is 8.69. The summed E-state index contributed by atoms with van der Waals surface area (Å²) in [5.41, 5.74) is 2.97. The second-order valence-corrected chi connectivity index (χ2v) is 6.66. The van der Waals surface area contributed by atoms with E-state index in [2.05, 4.69) is 11.4 Å². The lowest BCUT2D eigenvalue weighted by molar-refractivity contribution is -0.143. The Morgan fingerprint density at radius 2 is 1.77 bits per heavy atom. The van der Waals surface area contributed by atoms with E-state index in [9.17, 15) is 18.4 Å². The van der Waals surface area contributed by atoms with Crippen molar-refractivity contribution in [1.29, 1.82) is 0 Å². The number of likely N-dealkylation sites (tertiary alicyclic amines) is 1. The Morgan fingerprint density at radius 1 is 1.08 bits per heavy atom. The van der Waals surface area contributed by atoms with Crippen LogP contribution in [-0.2, 0) is 9.59 Å². The molecule has 0 spiro atoms. The summed E-state index contributed by atoms with van der Waals surface area (Å²) in [6.07, 6.45) is 1.56. The van der Waals surface area contributed by atoms with Gasteiger partial charge in [0.25, 0.3) is 0 Å². The molecular weight excluding hydrogens is 338 g/mol. The molecule has 0 aliphatic carbocycles. The molecule has 1 atom stereocenters. The van der Waals surface area contributed by atoms with Gasteiger partial charge < -0.3 is 10.2 Å². The lowest BCUT2D eigenvalue weighted by Crippen LogP contribution is -2.39. The smallest absolute Gasteiger partial charge is 0.314 e. The van der Waals surface area contributed by atoms with E-state index < -0.39 is 23.4 Å². The molecule has 1 aliphatic rings. The predicted octanol–water partition coefficient (Wildman–Crippen LogP) is 3.88. The van der Waals surface area contributed by atoms with E-state index in [0.717, 1.165) is 41.7 Å². The molecule has 1 saturated heterocycles. The molecule has 136 valence electrons. The number of anilines is 1. The number of carbonyl (C=O) groups excluding carboxylic acids is 2. The fourth-order valence-corrected chi connectivity index (χ4v) is 3.46. The van der Waals surface area contributed by atoms with Crippen LogP contribution in [0.4, 0.5) is 14.5 Å². The SMILES string of the molecule is Cc1cc(C)cc(C2CCCN2C(=O)C(=O)Nc2ccc(F)cc2F)c1. The molecule has 0 bridgehead atoms. The topological polar surface area (TPSA) is 49.4 Å². The molecular formula is C20H20F2N2O2. The van der Waals surface area contributed by atoms with Crippen molar-refractivity contribution in [2.75, 3.05) is 11.9 Å². The van der Waals surface area contributed by atoms with Crippen molar-refractivity contribution in [2.24, 2.45) is 0 Å². The van der Waals surface area contributed by atoms with Crippen LogP contribution in [0.3, 0.4) is 0 Å². The van der Waals surface area contributed by atoms with Gasteiger partial charge >= 0.3 is 11.8 Å². The van der Waals surface area contributed by atoms with Gasteiger partial charge in [0.15, 0.2) is 0 Å². The van der Waals surface area contributed by atoms with Crippen LogP contribution in [0.5, 0.6) is 0 Å². The van der Waals surface area contributed by atoms with E-state index in [0.29, 0.717) is 12.6 Å². The van der Waals surface area contributed by atoms with Crippen LogP contribution in [0.25, 0.3) is 0 Å². The molecule has 4 nitrogen and oxygen atoms in total. The van der Waals surface area contributed by atoms with Crippen LogP contribution in [-0.4, -0.2) is 23.3 Å². The predicted molar refractivity (Wildman–Crippen MR) is 94.6 cm³/mol. The van der Waals surface area contributed by atoms with Crippen LogP contribution in [0.15, 0.2) is 36.4 Å². The maximum absolute atomic E-state index is 13.7. The largest absolute Gasteiger partial charge is 0.327 e. The first-order valence-corrected chi connectivity index (χ1v) is 8.50. The van der Waals surface area contributed by atoms with Crippen molar-refractivity contribution >= 4 is 17.5 Å². The quantitative estimate of drug-likeness (QED) is 0.828. The van der Waals surface area contributed by atoms with Crippen LogP contribution in [0.1, 0.15) is 35.6 Å². The fraction of sp³-hybridized carbons (Fsp3) is 0.300. The highest BCUT2D eigenvalue weighted by molar-refractivity contribution is 6.39. The van der Waals surface area contributed by atoms with Crippen LogP contribution in [0, 0.1) is 25.5 Å². The standard InChI is InChI=1S/C20H20F2N2O2/c1-12-8-13(2)10-14(9-12)18-4-3-7-24(18)20(26)19(25)23-17-6-5-15(21)11-16(17)22/h5-6,8-11,18H,3-4,7H2,1-2H3,(H,23,25). The highest BCUT2D eigenvalue weighted by Gasteiger charge is 2.33. The van der Waals surface area contributed by atoms with E-state index in [4.69, 9.17) is 0 Å². The van der Waals surface area contributed by atoms with Crippen molar-refractivity contribution in [3.05, 3.63) is 64.7 Å². The Morgan fingerprint density at radius 3 is 2.42 bits per heavy atom. The fourth-order valence-electron chi connectivity index (χ4n) is 3.46. The lowest BCUT2D eigenvalue weighted by Gasteiger charge is -2.25. The van der Waals surface area contributed by atoms with Gasteiger partial charge in [0.2, 0.25) is 0 Å². The van der Waals surface area contributed by atoms with E-state index in [-0.39, 0.29) is 11.7 Å². The highest BCUT2D eigenvalue weighted by Crippen LogP contribution is 2.33. The first-order chi connectivity index (χ1) is 12.3. The molecule has 1 aliphatic heterocycles. The molecule has 2 aromatic rings. The number of halogens is 2. The Hall–Kier alpha value is -2.76. The number of amides is 2. The minimum atomic E-state index is -0.924. The van der Waals surface area contributed by atoms with E-state index in [1.807, 2.05) is 26.0 Å². The molecule has 1 fully saturated rings. The van der Waals surface area contributed by atoms with Crippen molar-refractivity contribution in [2.45, 2.75) is 32.7 Å². The zero-order valence-corrected chi connectivity index (χ0v) is 14.7. The van der Waals surface area contributed by atoms with Crippen molar-refractivity contribution in [3.8, 4) is 0 Å². The minimum absolute atomic E-state index is 0.176. The van der Waals surface area contributed by atoms with Crippen molar-refractivity contribution < 1.29 is 18.4 Å². The molecule has 2 amide bonds. The second kappa shape index (κ2) is 7.23. The summed E-state index contributed by atoms with van der Waals surface area (Å²) in [6.45, 7) is 4.44. The molecule has 2 aromatic carbocycles. The molecule has 6 heteroatoms. The van der Waals surface area contributed by atoms with Crippen LogP contribution < -0.4 is 5.32 Å². The normalized spacial score (nSPS) is 16.6. The number of hydrogen-bond donors (Lipinski definition) is 1. The summed E-state index contributed by atoms with van der Waals surface area (Å²) in [7, 11) is 0. The third kappa shape index (κ3) is 3.74. The molecule has 26 heavy (non-hydrogen) atoms. The third-order valence-electron chi connectivity index (χ3n) is 4.52. The van der Waals surface area contributed by atoms with Gasteiger partial charge in [-0.1, -0.05) is 29.3 Å². The molecule has 1 unspecified atom stereocenters. The third-order valence-corrected chi connectivity index (χ3v) is 4.52. The molecule has 3 rings (SSSR count). The van der Waals surface area contributed by atoms with Gasteiger partial charge in [-0.15, -0.1) is 0 Å². The zero-order chi connectivity index (χ0) is 18.8. The van der Waals surface area contributed by atoms with E-state index in [1.54, 1.807) is 0 Å². The highest BCUT2D eigenvalue weighted by atomic mass is 19.1. The van der Waals surface area contributed by atoms with Gasteiger partial charge in [-0.05, 0) is 44.4 Å². The van der Waals surface area contributed by atoms with Crippen molar-refractivity contribution in [1.82, 2.24) is 4.90 Å². The van der Waals surface area contributed by atoms with Gasteiger partial charge in [-0.2, -0.15) is 0 Å². The lowest BCUT2D eigenvalue weighted by atomic mass is 9.99. The zero-order valence-electron chi connectivity index (χ0n) is 14.7. The Bertz CT molecular complexity index is 847. The first-order valence-electron chi connectivity index (χ1n) is 8.50. The number of nitrogens with zero attached hydrogens (tertiary/aromatic N) is 1. The number of rotatable bonds is 2.